The fraction of sp³-hybridized carbons (Fsp3) is 0.703. The third-order valence-electron chi connectivity index (χ3n) is 12.2. The number of carbonyl (C=O) groups is 5. The molecular formula is C37H54N6O7S. The molecule has 6 rings (SSSR count). The minimum Gasteiger partial charge on any atom is -0.363 e. The highest BCUT2D eigenvalue weighted by molar-refractivity contribution is 7.89. The molecule has 6 atom stereocenters. The predicted octanol–water partition coefficient (Wildman–Crippen LogP) is 2.68. The number of ketones is 1. The Morgan fingerprint density at radius 1 is 0.961 bits per heavy atom. The van der Waals surface area contributed by atoms with Crippen molar-refractivity contribution in [1.82, 2.24) is 25.2 Å². The molecule has 3 saturated carbocycles. The minimum absolute atomic E-state index is 0.0504. The van der Waals surface area contributed by atoms with Crippen LogP contribution < -0.4 is 21.7 Å². The van der Waals surface area contributed by atoms with E-state index in [1.165, 1.54) is 4.31 Å². The van der Waals surface area contributed by atoms with Gasteiger partial charge in [0.05, 0.1) is 10.9 Å². The molecule has 51 heavy (non-hydrogen) atoms. The van der Waals surface area contributed by atoms with Gasteiger partial charge < -0.3 is 26.6 Å². The van der Waals surface area contributed by atoms with Crippen LogP contribution >= 0.6 is 0 Å². The summed E-state index contributed by atoms with van der Waals surface area (Å²) in [5.74, 6) is -2.73. The van der Waals surface area contributed by atoms with Crippen LogP contribution in [0.25, 0.3) is 0 Å². The number of urea groups is 1. The summed E-state index contributed by atoms with van der Waals surface area (Å²) in [5.41, 5.74) is 5.32. The third kappa shape index (κ3) is 7.53. The van der Waals surface area contributed by atoms with Gasteiger partial charge in [0.2, 0.25) is 27.6 Å². The van der Waals surface area contributed by atoms with Crippen LogP contribution in [0.1, 0.15) is 91.5 Å². The number of rotatable bonds is 12. The van der Waals surface area contributed by atoms with Crippen molar-refractivity contribution in [3.05, 3.63) is 29.8 Å². The molecule has 13 nitrogen and oxygen atoms in total. The number of piperidine rings is 1. The van der Waals surface area contributed by atoms with Crippen molar-refractivity contribution in [3.8, 4) is 0 Å². The highest BCUT2D eigenvalue weighted by Crippen LogP contribution is 2.65. The zero-order chi connectivity index (χ0) is 37.0. The van der Waals surface area contributed by atoms with Crippen LogP contribution in [-0.4, -0.2) is 84.4 Å². The number of hydrogen-bond acceptors (Lipinski definition) is 7. The van der Waals surface area contributed by atoms with Gasteiger partial charge in [0.25, 0.3) is 5.91 Å². The molecule has 1 aromatic rings. The zero-order valence-corrected chi connectivity index (χ0v) is 31.3. The van der Waals surface area contributed by atoms with E-state index in [9.17, 15) is 32.4 Å². The van der Waals surface area contributed by atoms with Gasteiger partial charge >= 0.3 is 6.03 Å². The standard InChI is InChI=1S/C37H54N6O7S/c1-36(2,3)27(20-42-18-23-13-9-10-14-26(23)51(42,49)50)40-35(48)41-29(22-11-7-6-8-12-22)34(47)43-19-24-28(37(24,4)5)30(43)33(46)39-25(17-21-15-16-21)31(44)32(38)45/h9-10,13-14,21-22,24-25,27-30H,6-8,11-12,15-20H2,1-5H3,(H2,38,45)(H,39,46)(H2,40,41,48)/t24-,25?,27+,28-,29-,30-/m0/s1. The lowest BCUT2D eigenvalue weighted by atomic mass is 9.83. The lowest BCUT2D eigenvalue weighted by molar-refractivity contribution is -0.144. The number of nitrogens with two attached hydrogens (primary N) is 1. The first-order chi connectivity index (χ1) is 23.9. The van der Waals surface area contributed by atoms with Crippen LogP contribution in [-0.2, 0) is 35.7 Å². The first kappa shape index (κ1) is 37.2. The summed E-state index contributed by atoms with van der Waals surface area (Å²) in [5, 5.41) is 8.81. The number of nitrogens with zero attached hydrogens (tertiary/aromatic N) is 2. The van der Waals surface area contributed by atoms with E-state index in [1.807, 2.05) is 20.8 Å². The lowest BCUT2D eigenvalue weighted by Gasteiger charge is -2.38. The van der Waals surface area contributed by atoms with E-state index in [2.05, 4.69) is 29.8 Å². The second-order valence-corrected chi connectivity index (χ2v) is 19.1. The zero-order valence-electron chi connectivity index (χ0n) is 30.4. The molecule has 0 bridgehead atoms. The van der Waals surface area contributed by atoms with Crippen LogP contribution in [0.2, 0.25) is 0 Å². The lowest BCUT2D eigenvalue weighted by Crippen LogP contribution is -2.61. The molecule has 1 unspecified atom stereocenters. The Kier molecular flexibility index (Phi) is 10.1. The van der Waals surface area contributed by atoms with E-state index in [1.54, 1.807) is 29.2 Å². The normalized spacial score (nSPS) is 27.0. The summed E-state index contributed by atoms with van der Waals surface area (Å²) < 4.78 is 28.1. The largest absolute Gasteiger partial charge is 0.363 e. The monoisotopic (exact) mass is 726 g/mol. The smallest absolute Gasteiger partial charge is 0.315 e. The number of hydrogen-bond donors (Lipinski definition) is 4. The third-order valence-corrected chi connectivity index (χ3v) is 14.2. The molecule has 2 heterocycles. The summed E-state index contributed by atoms with van der Waals surface area (Å²) >= 11 is 0. The molecule has 0 spiro atoms. The summed E-state index contributed by atoms with van der Waals surface area (Å²) in [6.07, 6.45) is 6.50. The molecule has 14 heteroatoms. The summed E-state index contributed by atoms with van der Waals surface area (Å²) in [7, 11) is -3.73. The predicted molar refractivity (Wildman–Crippen MR) is 189 cm³/mol. The maximum Gasteiger partial charge on any atom is 0.315 e. The van der Waals surface area contributed by atoms with Gasteiger partial charge in [-0.2, -0.15) is 4.31 Å². The highest BCUT2D eigenvalue weighted by Gasteiger charge is 2.70. The van der Waals surface area contributed by atoms with Crippen molar-refractivity contribution in [3.63, 3.8) is 0 Å². The van der Waals surface area contributed by atoms with Gasteiger partial charge in [0, 0.05) is 25.7 Å². The number of primary amides is 1. The molecule has 0 aromatic heterocycles. The molecule has 5 N–H and O–H groups in total. The molecule has 1 saturated heterocycles. The maximum atomic E-state index is 14.6. The average Bonchev–Trinajstić information content (AvgIpc) is 3.89. The topological polar surface area (TPSA) is 188 Å². The number of amides is 5. The second kappa shape index (κ2) is 13.8. The van der Waals surface area contributed by atoms with Gasteiger partial charge in [-0.1, -0.05) is 84.9 Å². The van der Waals surface area contributed by atoms with Crippen molar-refractivity contribution in [2.45, 2.75) is 122 Å². The molecular weight excluding hydrogens is 673 g/mol. The molecule has 5 aliphatic rings. The second-order valence-electron chi connectivity index (χ2n) is 17.2. The van der Waals surface area contributed by atoms with E-state index in [4.69, 9.17) is 5.73 Å². The summed E-state index contributed by atoms with van der Waals surface area (Å²) in [4.78, 5) is 69.0. The van der Waals surface area contributed by atoms with E-state index in [-0.39, 0.29) is 53.0 Å². The molecule has 280 valence electrons. The fourth-order valence-corrected chi connectivity index (χ4v) is 10.4. The number of nitrogens with one attached hydrogen (secondary N) is 3. The quantitative estimate of drug-likeness (QED) is 0.238. The van der Waals surface area contributed by atoms with Crippen molar-refractivity contribution < 1.29 is 32.4 Å². The Labute approximate surface area is 301 Å². The minimum atomic E-state index is -3.73. The number of fused-ring (bicyclic) bond motifs is 2. The summed E-state index contributed by atoms with van der Waals surface area (Å²) in [6, 6.07) is 2.91. The Balaban J connectivity index is 1.20. The highest BCUT2D eigenvalue weighted by atomic mass is 32.2. The molecule has 1 aromatic carbocycles. The van der Waals surface area contributed by atoms with Crippen LogP contribution in [0.4, 0.5) is 4.79 Å². The van der Waals surface area contributed by atoms with Gasteiger partial charge in [-0.3, -0.25) is 19.2 Å². The van der Waals surface area contributed by atoms with Gasteiger partial charge in [-0.15, -0.1) is 0 Å². The van der Waals surface area contributed by atoms with E-state index in [0.29, 0.717) is 18.5 Å². The van der Waals surface area contributed by atoms with Crippen LogP contribution in [0, 0.1) is 34.5 Å². The van der Waals surface area contributed by atoms with Crippen molar-refractivity contribution in [2.75, 3.05) is 13.1 Å². The summed E-state index contributed by atoms with van der Waals surface area (Å²) in [6.45, 7) is 10.5. The van der Waals surface area contributed by atoms with Gasteiger partial charge in [0.1, 0.15) is 12.1 Å². The SMILES string of the molecule is CC(C)(C)[C@@H](CN1Cc2ccccc2S1(=O)=O)NC(=O)N[C@H](C(=O)N1C[C@H]2[C@@H]([C@H]1C(=O)NC(CC1CC1)C(=O)C(N)=O)C2(C)C)C1CCCCC1. The van der Waals surface area contributed by atoms with E-state index >= 15 is 0 Å². The molecule has 5 amide bonds. The van der Waals surface area contributed by atoms with Crippen LogP contribution in [0.5, 0.6) is 0 Å². The first-order valence-corrected chi connectivity index (χ1v) is 19.9. The van der Waals surface area contributed by atoms with Crippen LogP contribution in [0.3, 0.4) is 0 Å². The van der Waals surface area contributed by atoms with Gasteiger partial charge in [-0.05, 0) is 65.4 Å². The number of benzene rings is 1. The molecule has 3 aliphatic carbocycles. The van der Waals surface area contributed by atoms with E-state index < -0.39 is 63.2 Å². The Hall–Kier alpha value is -3.52. The molecule has 2 aliphatic heterocycles. The van der Waals surface area contributed by atoms with Crippen molar-refractivity contribution in [1.29, 1.82) is 0 Å². The Bertz CT molecular complexity index is 1680. The number of sulfonamides is 1. The molecule has 4 fully saturated rings. The van der Waals surface area contributed by atoms with Gasteiger partial charge in [0.15, 0.2) is 0 Å². The first-order valence-electron chi connectivity index (χ1n) is 18.5. The number of Topliss-reactive ketones (excluding diaryl/α,β-unsaturated/α-hetero) is 1. The Morgan fingerprint density at radius 2 is 1.63 bits per heavy atom. The average molecular weight is 727 g/mol. The number of likely N-dealkylation sites (tertiary alicyclic amines) is 1. The van der Waals surface area contributed by atoms with Crippen LogP contribution in [0.15, 0.2) is 29.2 Å². The Morgan fingerprint density at radius 3 is 2.24 bits per heavy atom. The van der Waals surface area contributed by atoms with Crippen molar-refractivity contribution >= 4 is 39.6 Å². The fourth-order valence-electron chi connectivity index (χ4n) is 8.73. The molecule has 0 radical (unpaired) electrons. The number of carbonyl (C=O) groups excluding carboxylic acids is 5. The van der Waals surface area contributed by atoms with E-state index in [0.717, 1.165) is 44.9 Å². The maximum absolute atomic E-state index is 14.6. The van der Waals surface area contributed by atoms with Crippen molar-refractivity contribution in [2.24, 2.45) is 40.2 Å². The van der Waals surface area contributed by atoms with Gasteiger partial charge in [-0.25, -0.2) is 13.2 Å².